The standard InChI is InChI=1S/C40H68N12O8/c1-6-24(4)33(37(59)48-27(22-53)20-23(2)3)51-35(57)31(21-26-13-15-28(55)16-14-26)50-36(58)32-12-9-19-52(32)38(60)30(11-8-18-46-40(43)44)49-34(56)29(47-25(5)54)10-7-17-45-39(41)42/h13-16,23-24,27,29-33,53,55H,6-12,17-22H2,1-5H3,(H,47,54)(H,48,59)(H,49,56)(H,50,58)(H,51,57)(H4,41,42,45)(H4,43,44,46)/t24-,27-,29-,30-,31-,32-,33-/m0/s1. The number of nitrogens with two attached hydrogens (primary N) is 4. The highest BCUT2D eigenvalue weighted by Gasteiger charge is 2.40. The van der Waals surface area contributed by atoms with Crippen molar-refractivity contribution in [2.45, 2.75) is 129 Å². The van der Waals surface area contributed by atoms with Gasteiger partial charge in [0.05, 0.1) is 12.6 Å². The van der Waals surface area contributed by atoms with Crippen LogP contribution in [-0.2, 0) is 35.2 Å². The zero-order chi connectivity index (χ0) is 44.9. The van der Waals surface area contributed by atoms with Crippen LogP contribution in [0.3, 0.4) is 0 Å². The molecule has 6 amide bonds. The highest BCUT2D eigenvalue weighted by atomic mass is 16.3. The number of carbonyl (C=O) groups excluding carboxylic acids is 6. The minimum Gasteiger partial charge on any atom is -0.508 e. The van der Waals surface area contributed by atoms with E-state index in [0.29, 0.717) is 31.2 Å². The van der Waals surface area contributed by atoms with Crippen LogP contribution >= 0.6 is 0 Å². The Hall–Kier alpha value is -5.66. The zero-order valence-electron chi connectivity index (χ0n) is 35.6. The predicted molar refractivity (Wildman–Crippen MR) is 228 cm³/mol. The number of guanidine groups is 2. The van der Waals surface area contributed by atoms with Crippen LogP contribution in [0.15, 0.2) is 34.3 Å². The van der Waals surface area contributed by atoms with Crippen LogP contribution in [-0.4, -0.2) is 125 Å². The van der Waals surface area contributed by atoms with Gasteiger partial charge in [-0.15, -0.1) is 0 Å². The Morgan fingerprint density at radius 1 is 0.800 bits per heavy atom. The minimum absolute atomic E-state index is 0.00604. The minimum atomic E-state index is -1.21. The number of phenols is 1. The summed E-state index contributed by atoms with van der Waals surface area (Å²) in [6, 6.07) is 0.195. The summed E-state index contributed by atoms with van der Waals surface area (Å²) in [7, 11) is 0. The smallest absolute Gasteiger partial charge is 0.245 e. The van der Waals surface area contributed by atoms with E-state index in [4.69, 9.17) is 22.9 Å². The number of hydrogen-bond acceptors (Lipinski definition) is 10. The summed E-state index contributed by atoms with van der Waals surface area (Å²) in [4.78, 5) is 91.1. The van der Waals surface area contributed by atoms with Gasteiger partial charge in [-0.05, 0) is 74.5 Å². The van der Waals surface area contributed by atoms with E-state index in [1.807, 2.05) is 27.7 Å². The van der Waals surface area contributed by atoms with Crippen molar-refractivity contribution in [1.82, 2.24) is 31.5 Å². The molecule has 2 rings (SSSR count). The normalized spacial score (nSPS) is 16.6. The van der Waals surface area contributed by atoms with E-state index in [2.05, 4.69) is 36.6 Å². The number of aliphatic imine (C=N–C) groups is 2. The van der Waals surface area contributed by atoms with E-state index < -0.39 is 71.7 Å². The van der Waals surface area contributed by atoms with Crippen LogP contribution in [0.2, 0.25) is 0 Å². The SMILES string of the molecule is CC[C@H](C)[C@H](NC(=O)[C@H](Cc1ccc(O)cc1)NC(=O)[C@@H]1CCCN1C(=O)[C@H](CCCN=C(N)N)NC(=O)[C@H](CCCN=C(N)N)NC(C)=O)C(=O)N[C@H](CO)CC(C)C. The molecule has 20 heteroatoms. The molecule has 1 heterocycles. The molecule has 1 fully saturated rings. The molecule has 1 aliphatic heterocycles. The van der Waals surface area contributed by atoms with Gasteiger partial charge in [-0.1, -0.05) is 46.2 Å². The average Bonchev–Trinajstić information content (AvgIpc) is 3.68. The number of aromatic hydroxyl groups is 1. The molecule has 0 radical (unpaired) electrons. The molecule has 0 aliphatic carbocycles. The van der Waals surface area contributed by atoms with Gasteiger partial charge in [0.15, 0.2) is 11.9 Å². The number of amides is 6. The molecule has 0 aromatic heterocycles. The highest BCUT2D eigenvalue weighted by Crippen LogP contribution is 2.21. The van der Waals surface area contributed by atoms with Crippen molar-refractivity contribution in [3.63, 3.8) is 0 Å². The van der Waals surface area contributed by atoms with Crippen LogP contribution in [0.5, 0.6) is 5.75 Å². The van der Waals surface area contributed by atoms with Crippen LogP contribution < -0.4 is 49.5 Å². The van der Waals surface area contributed by atoms with Crippen LogP contribution in [0.4, 0.5) is 0 Å². The summed E-state index contributed by atoms with van der Waals surface area (Å²) in [6.07, 6.45) is 2.63. The van der Waals surface area contributed by atoms with Crippen molar-refractivity contribution in [3.8, 4) is 5.75 Å². The van der Waals surface area contributed by atoms with Gasteiger partial charge in [-0.25, -0.2) is 0 Å². The van der Waals surface area contributed by atoms with Crippen molar-refractivity contribution in [2.75, 3.05) is 26.2 Å². The number of phenolic OH excluding ortho intramolecular Hbond substituents is 1. The van der Waals surface area contributed by atoms with E-state index in [-0.39, 0.29) is 87.8 Å². The van der Waals surface area contributed by atoms with Crippen molar-refractivity contribution in [2.24, 2.45) is 44.8 Å². The molecule has 1 aromatic rings. The maximum Gasteiger partial charge on any atom is 0.245 e. The first-order chi connectivity index (χ1) is 28.4. The quantitative estimate of drug-likeness (QED) is 0.0306. The fourth-order valence-electron chi connectivity index (χ4n) is 6.89. The van der Waals surface area contributed by atoms with Gasteiger partial charge >= 0.3 is 0 Å². The number of nitrogens with zero attached hydrogens (tertiary/aromatic N) is 3. The fraction of sp³-hybridized carbons (Fsp3) is 0.650. The van der Waals surface area contributed by atoms with Crippen molar-refractivity contribution in [1.29, 1.82) is 0 Å². The molecule has 0 spiro atoms. The first-order valence-corrected chi connectivity index (χ1v) is 20.6. The van der Waals surface area contributed by atoms with Gasteiger partial charge < -0.3 is 64.6 Å². The number of aliphatic hydroxyl groups excluding tert-OH is 1. The number of nitrogens with one attached hydrogen (secondary N) is 5. The number of carbonyl (C=O) groups is 6. The second-order valence-corrected chi connectivity index (χ2v) is 15.7. The van der Waals surface area contributed by atoms with Crippen molar-refractivity contribution < 1.29 is 39.0 Å². The van der Waals surface area contributed by atoms with Crippen molar-refractivity contribution in [3.05, 3.63) is 29.8 Å². The first kappa shape index (κ1) is 50.5. The van der Waals surface area contributed by atoms with Crippen LogP contribution in [0.25, 0.3) is 0 Å². The fourth-order valence-corrected chi connectivity index (χ4v) is 6.89. The number of aliphatic hydroxyl groups is 1. The third-order valence-corrected chi connectivity index (χ3v) is 10.2. The highest BCUT2D eigenvalue weighted by molar-refractivity contribution is 5.97. The summed E-state index contributed by atoms with van der Waals surface area (Å²) in [6.45, 7) is 9.14. The van der Waals surface area contributed by atoms with Gasteiger partial charge in [0.2, 0.25) is 35.4 Å². The Morgan fingerprint density at radius 3 is 1.92 bits per heavy atom. The lowest BCUT2D eigenvalue weighted by Crippen LogP contribution is -2.60. The lowest BCUT2D eigenvalue weighted by Gasteiger charge is -2.31. The van der Waals surface area contributed by atoms with Crippen molar-refractivity contribution >= 4 is 47.4 Å². The molecule has 1 aliphatic rings. The second kappa shape index (κ2) is 25.7. The molecule has 1 saturated heterocycles. The molecule has 60 heavy (non-hydrogen) atoms. The number of benzene rings is 1. The molecule has 0 bridgehead atoms. The van der Waals surface area contributed by atoms with Gasteiger partial charge in [0, 0.05) is 33.0 Å². The Balaban J connectivity index is 2.40. The maximum atomic E-state index is 14.3. The van der Waals surface area contributed by atoms with Gasteiger partial charge in [0.25, 0.3) is 0 Å². The first-order valence-electron chi connectivity index (χ1n) is 20.6. The third-order valence-electron chi connectivity index (χ3n) is 10.2. The largest absolute Gasteiger partial charge is 0.508 e. The van der Waals surface area contributed by atoms with E-state index in [1.54, 1.807) is 12.1 Å². The number of hydrogen-bond donors (Lipinski definition) is 11. The molecular formula is C40H68N12O8. The molecule has 20 nitrogen and oxygen atoms in total. The molecule has 0 unspecified atom stereocenters. The topological polar surface area (TPSA) is 335 Å². The maximum absolute atomic E-state index is 14.3. The molecular weight excluding hydrogens is 777 g/mol. The molecule has 336 valence electrons. The van der Waals surface area contributed by atoms with Crippen LogP contribution in [0, 0.1) is 11.8 Å². The Morgan fingerprint density at radius 2 is 1.38 bits per heavy atom. The van der Waals surface area contributed by atoms with Gasteiger partial charge in [-0.2, -0.15) is 0 Å². The zero-order valence-corrected chi connectivity index (χ0v) is 35.6. The lowest BCUT2D eigenvalue weighted by molar-refractivity contribution is -0.142. The lowest BCUT2D eigenvalue weighted by atomic mass is 9.96. The third kappa shape index (κ3) is 17.7. The Bertz CT molecular complexity index is 1630. The van der Waals surface area contributed by atoms with E-state index in [0.717, 1.165) is 0 Å². The Kier molecular flexibility index (Phi) is 21.7. The number of rotatable bonds is 25. The van der Waals surface area contributed by atoms with Crippen LogP contribution in [0.1, 0.15) is 91.5 Å². The number of likely N-dealkylation sites (tertiary alicyclic amines) is 1. The summed E-state index contributed by atoms with van der Waals surface area (Å²) in [5.41, 5.74) is 22.4. The second-order valence-electron chi connectivity index (χ2n) is 15.7. The van der Waals surface area contributed by atoms with Gasteiger partial charge in [0.1, 0.15) is 36.0 Å². The molecule has 15 N–H and O–H groups in total. The van der Waals surface area contributed by atoms with Gasteiger partial charge in [-0.3, -0.25) is 38.8 Å². The van der Waals surface area contributed by atoms with E-state index >= 15 is 0 Å². The Labute approximate surface area is 352 Å². The summed E-state index contributed by atoms with van der Waals surface area (Å²) in [5, 5.41) is 33.7. The van der Waals surface area contributed by atoms with E-state index in [1.165, 1.54) is 24.0 Å². The molecule has 0 saturated carbocycles. The monoisotopic (exact) mass is 845 g/mol. The average molecular weight is 845 g/mol. The van der Waals surface area contributed by atoms with E-state index in [9.17, 15) is 39.0 Å². The summed E-state index contributed by atoms with van der Waals surface area (Å²) >= 11 is 0. The molecule has 1 aromatic carbocycles. The predicted octanol–water partition coefficient (Wildman–Crippen LogP) is -1.44. The summed E-state index contributed by atoms with van der Waals surface area (Å²) < 4.78 is 0. The summed E-state index contributed by atoms with van der Waals surface area (Å²) in [5.74, 6) is -3.78. The molecule has 7 atom stereocenters.